The van der Waals surface area contributed by atoms with Crippen molar-refractivity contribution < 1.29 is 4.79 Å². The van der Waals surface area contributed by atoms with Crippen LogP contribution in [0, 0.1) is 11.8 Å². The summed E-state index contributed by atoms with van der Waals surface area (Å²) in [5.74, 6) is 0.811. The topological polar surface area (TPSA) is 64.0 Å². The molecule has 0 aliphatic rings. The smallest absolute Gasteiger partial charge is 0.262 e. The minimum absolute atomic E-state index is 0.0576. The molecule has 1 N–H and O–H groups in total. The van der Waals surface area contributed by atoms with Crippen LogP contribution in [0.2, 0.25) is 5.02 Å². The van der Waals surface area contributed by atoms with Gasteiger partial charge in [-0.05, 0) is 37.0 Å². The number of halogens is 1. The van der Waals surface area contributed by atoms with Gasteiger partial charge in [-0.25, -0.2) is 4.98 Å². The number of aromatic nitrogens is 2. The van der Waals surface area contributed by atoms with E-state index < -0.39 is 0 Å². The highest BCUT2D eigenvalue weighted by molar-refractivity contribution is 7.99. The number of thioether (sulfide) groups is 1. The number of hydrogen-bond donors (Lipinski definition) is 1. The highest BCUT2D eigenvalue weighted by atomic mass is 35.5. The second-order valence-electron chi connectivity index (χ2n) is 7.25. The van der Waals surface area contributed by atoms with Crippen molar-refractivity contribution in [3.05, 3.63) is 33.6 Å². The van der Waals surface area contributed by atoms with Crippen molar-refractivity contribution >= 4 is 40.2 Å². The number of fused-ring (bicyclic) bond motifs is 1. The van der Waals surface area contributed by atoms with Gasteiger partial charge in [0.15, 0.2) is 5.16 Å². The molecule has 26 heavy (non-hydrogen) atoms. The van der Waals surface area contributed by atoms with Gasteiger partial charge in [0.2, 0.25) is 5.91 Å². The molecule has 1 aromatic heterocycles. The van der Waals surface area contributed by atoms with Crippen LogP contribution in [0.3, 0.4) is 0 Å². The Morgan fingerprint density at radius 2 is 1.96 bits per heavy atom. The van der Waals surface area contributed by atoms with Gasteiger partial charge >= 0.3 is 0 Å². The largest absolute Gasteiger partial charge is 0.353 e. The maximum Gasteiger partial charge on any atom is 0.262 e. The lowest BCUT2D eigenvalue weighted by Crippen LogP contribution is -2.37. The Morgan fingerprint density at radius 1 is 1.27 bits per heavy atom. The lowest BCUT2D eigenvalue weighted by molar-refractivity contribution is -0.119. The van der Waals surface area contributed by atoms with E-state index in [2.05, 4.69) is 24.1 Å². The zero-order chi connectivity index (χ0) is 19.4. The molecule has 0 fully saturated rings. The number of nitrogens with one attached hydrogen (secondary N) is 1. The number of amides is 1. The van der Waals surface area contributed by atoms with E-state index in [0.717, 1.165) is 0 Å². The Labute approximate surface area is 163 Å². The van der Waals surface area contributed by atoms with Crippen molar-refractivity contribution in [1.29, 1.82) is 0 Å². The fraction of sp³-hybridized carbons (Fsp3) is 0.526. The number of carbonyl (C=O) groups excluding carboxylic acids is 1. The summed E-state index contributed by atoms with van der Waals surface area (Å²) >= 11 is 7.32. The third-order valence-corrected chi connectivity index (χ3v) is 5.36. The molecule has 2 rings (SSSR count). The van der Waals surface area contributed by atoms with Crippen molar-refractivity contribution in [2.75, 3.05) is 5.75 Å². The van der Waals surface area contributed by atoms with Gasteiger partial charge < -0.3 is 5.32 Å². The van der Waals surface area contributed by atoms with E-state index in [1.165, 1.54) is 11.8 Å². The molecule has 0 aliphatic heterocycles. The second kappa shape index (κ2) is 8.91. The molecule has 5 nitrogen and oxygen atoms in total. The van der Waals surface area contributed by atoms with E-state index in [1.807, 2.05) is 20.8 Å². The maximum atomic E-state index is 12.9. The van der Waals surface area contributed by atoms with Crippen LogP contribution < -0.4 is 10.9 Å². The van der Waals surface area contributed by atoms with Gasteiger partial charge in [-0.15, -0.1) is 0 Å². The first-order valence-corrected chi connectivity index (χ1v) is 10.2. The minimum Gasteiger partial charge on any atom is -0.353 e. The van der Waals surface area contributed by atoms with Gasteiger partial charge in [0.25, 0.3) is 5.56 Å². The third kappa shape index (κ3) is 5.24. The highest BCUT2D eigenvalue weighted by Crippen LogP contribution is 2.21. The van der Waals surface area contributed by atoms with Crippen LogP contribution in [0.15, 0.2) is 28.2 Å². The van der Waals surface area contributed by atoms with Crippen molar-refractivity contribution in [3.63, 3.8) is 0 Å². The molecule has 1 aromatic carbocycles. The quantitative estimate of drug-likeness (QED) is 0.569. The van der Waals surface area contributed by atoms with E-state index in [1.54, 1.807) is 22.8 Å². The normalized spacial score (nSPS) is 12.8. The predicted octanol–water partition coefficient (Wildman–Crippen LogP) is 3.96. The molecule has 7 heteroatoms. The molecular weight excluding hydrogens is 370 g/mol. The number of carbonyl (C=O) groups is 1. The minimum atomic E-state index is -0.121. The summed E-state index contributed by atoms with van der Waals surface area (Å²) in [5, 5.41) is 4.55. The summed E-state index contributed by atoms with van der Waals surface area (Å²) in [7, 11) is 0. The Morgan fingerprint density at radius 3 is 2.58 bits per heavy atom. The molecule has 142 valence electrons. The molecule has 0 unspecified atom stereocenters. The number of rotatable bonds is 7. The summed E-state index contributed by atoms with van der Waals surface area (Å²) in [6.07, 6.45) is 0. The van der Waals surface area contributed by atoms with Crippen LogP contribution in [0.25, 0.3) is 10.9 Å². The van der Waals surface area contributed by atoms with Gasteiger partial charge in [-0.2, -0.15) is 0 Å². The fourth-order valence-electron chi connectivity index (χ4n) is 2.40. The average molecular weight is 396 g/mol. The van der Waals surface area contributed by atoms with Crippen LogP contribution >= 0.6 is 23.4 Å². The van der Waals surface area contributed by atoms with Gasteiger partial charge in [0, 0.05) is 17.6 Å². The Hall–Kier alpha value is -1.53. The molecule has 0 saturated heterocycles. The zero-order valence-corrected chi connectivity index (χ0v) is 17.4. The molecule has 1 atom stereocenters. The van der Waals surface area contributed by atoms with E-state index in [4.69, 9.17) is 11.6 Å². The van der Waals surface area contributed by atoms with Crippen LogP contribution in [0.4, 0.5) is 0 Å². The molecule has 1 amide bonds. The van der Waals surface area contributed by atoms with Crippen LogP contribution in [-0.2, 0) is 11.3 Å². The molecule has 2 aromatic rings. The summed E-state index contributed by atoms with van der Waals surface area (Å²) in [6.45, 7) is 10.7. The highest BCUT2D eigenvalue weighted by Gasteiger charge is 2.16. The summed E-state index contributed by atoms with van der Waals surface area (Å²) in [4.78, 5) is 29.7. The SMILES string of the molecule is CC(C)Cn1c(SCC(=O)N[C@@H](C)C(C)C)nc2ccc(Cl)cc2c1=O. The standard InChI is InChI=1S/C19H26ClN3O2S/c1-11(2)9-23-18(25)15-8-14(20)6-7-16(15)22-19(23)26-10-17(24)21-13(5)12(3)4/h6-8,11-13H,9-10H2,1-5H3,(H,21,24)/t13-/m0/s1. The number of nitrogens with zero attached hydrogens (tertiary/aromatic N) is 2. The molecule has 0 aliphatic carbocycles. The monoisotopic (exact) mass is 395 g/mol. The van der Waals surface area contributed by atoms with Crippen molar-refractivity contribution in [1.82, 2.24) is 14.9 Å². The first kappa shape index (κ1) is 20.8. The number of hydrogen-bond acceptors (Lipinski definition) is 4. The Balaban J connectivity index is 2.31. The van der Waals surface area contributed by atoms with Gasteiger partial charge in [0.05, 0.1) is 16.7 Å². The van der Waals surface area contributed by atoms with Crippen molar-refractivity contribution in [3.8, 4) is 0 Å². The number of benzene rings is 1. The molecule has 0 radical (unpaired) electrons. The van der Waals surface area contributed by atoms with Gasteiger partial charge in [-0.3, -0.25) is 14.2 Å². The molecule has 0 bridgehead atoms. The van der Waals surface area contributed by atoms with Crippen LogP contribution in [0.1, 0.15) is 34.6 Å². The third-order valence-electron chi connectivity index (χ3n) is 4.15. The van der Waals surface area contributed by atoms with Crippen molar-refractivity contribution in [2.24, 2.45) is 11.8 Å². The average Bonchev–Trinajstić information content (AvgIpc) is 2.56. The molecule has 1 heterocycles. The lowest BCUT2D eigenvalue weighted by atomic mass is 10.1. The molecule has 0 saturated carbocycles. The summed E-state index contributed by atoms with van der Waals surface area (Å²) < 4.78 is 1.65. The van der Waals surface area contributed by atoms with Gasteiger partial charge in [-0.1, -0.05) is 51.1 Å². The van der Waals surface area contributed by atoms with E-state index in [9.17, 15) is 9.59 Å². The molecule has 0 spiro atoms. The van der Waals surface area contributed by atoms with Crippen LogP contribution in [-0.4, -0.2) is 27.3 Å². The first-order chi connectivity index (χ1) is 12.2. The predicted molar refractivity (Wildman–Crippen MR) is 109 cm³/mol. The summed E-state index contributed by atoms with van der Waals surface area (Å²) in [6, 6.07) is 5.21. The van der Waals surface area contributed by atoms with E-state index in [0.29, 0.717) is 33.5 Å². The fourth-order valence-corrected chi connectivity index (χ4v) is 3.39. The first-order valence-electron chi connectivity index (χ1n) is 8.81. The van der Waals surface area contributed by atoms with Gasteiger partial charge in [0.1, 0.15) is 0 Å². The van der Waals surface area contributed by atoms with E-state index >= 15 is 0 Å². The lowest BCUT2D eigenvalue weighted by Gasteiger charge is -2.18. The molecular formula is C19H26ClN3O2S. The Bertz CT molecular complexity index is 849. The zero-order valence-electron chi connectivity index (χ0n) is 15.9. The Kier molecular flexibility index (Phi) is 7.12. The van der Waals surface area contributed by atoms with Crippen molar-refractivity contribution in [2.45, 2.75) is 52.4 Å². The summed E-state index contributed by atoms with van der Waals surface area (Å²) in [5.41, 5.74) is 0.475. The van der Waals surface area contributed by atoms with Crippen LogP contribution in [0.5, 0.6) is 0 Å². The second-order valence-corrected chi connectivity index (χ2v) is 8.63. The van der Waals surface area contributed by atoms with E-state index in [-0.39, 0.29) is 29.2 Å². The maximum absolute atomic E-state index is 12.9.